The van der Waals surface area contributed by atoms with Gasteiger partial charge in [0.05, 0.1) is 0 Å². The minimum absolute atomic E-state index is 1.48. The second kappa shape index (κ2) is 2.62. The van der Waals surface area contributed by atoms with Crippen molar-refractivity contribution in [1.29, 1.82) is 0 Å². The van der Waals surface area contributed by atoms with Crippen LogP contribution in [0, 0.1) is 0 Å². The molecule has 0 heterocycles. The number of hydrogen-bond acceptors (Lipinski definition) is 1. The molecule has 0 aromatic carbocycles. The Labute approximate surface area is 42.7 Å². The van der Waals surface area contributed by atoms with Gasteiger partial charge >= 0.3 is 0 Å². The van der Waals surface area contributed by atoms with Gasteiger partial charge in [0.25, 0.3) is 0 Å². The highest BCUT2D eigenvalue weighted by Crippen LogP contribution is 2.27. The molecule has 0 rings (SSSR count). The fourth-order valence-electron chi connectivity index (χ4n) is 0. The molecule has 2 nitrogen and oxygen atoms in total. The predicted molar refractivity (Wildman–Crippen MR) is 28.5 cm³/mol. The summed E-state index contributed by atoms with van der Waals surface area (Å²) in [6.07, 6.45) is 0. The minimum atomic E-state index is -1.90. The summed E-state index contributed by atoms with van der Waals surface area (Å²) in [5.74, 6) is 0. The fourth-order valence-corrected chi connectivity index (χ4v) is 0. The van der Waals surface area contributed by atoms with Crippen LogP contribution in [0.2, 0.25) is 0 Å². The number of rotatable bonds is 1. The maximum atomic E-state index is 10.0. The Morgan fingerprint density at radius 1 is 1.67 bits per heavy atom. The molecule has 0 spiro atoms. The monoisotopic (exact) mass is 127 g/mol. The molecule has 0 radical (unpaired) electrons. The van der Waals surface area contributed by atoms with Crippen molar-refractivity contribution in [3.63, 3.8) is 0 Å². The van der Waals surface area contributed by atoms with E-state index in [0.717, 1.165) is 0 Å². The summed E-state index contributed by atoms with van der Waals surface area (Å²) in [5.41, 5.74) is 0. The first kappa shape index (κ1) is 6.48. The molecule has 1 unspecified atom stereocenters. The van der Waals surface area contributed by atoms with Crippen LogP contribution in [0.4, 0.5) is 0 Å². The smallest absolute Gasteiger partial charge is 0.222 e. The van der Waals surface area contributed by atoms with Crippen LogP contribution in [0.25, 0.3) is 0 Å². The average Bonchev–Trinajstić information content (AvgIpc) is 1.36. The highest BCUT2D eigenvalue weighted by Gasteiger charge is 1.89. The van der Waals surface area contributed by atoms with E-state index in [-0.39, 0.29) is 0 Å². The molecule has 0 saturated carbocycles. The van der Waals surface area contributed by atoms with Gasteiger partial charge in [-0.05, 0) is 25.3 Å². The molecule has 6 heavy (non-hydrogen) atoms. The quantitative estimate of drug-likeness (QED) is 0.493. The molecule has 1 atom stereocenters. The summed E-state index contributed by atoms with van der Waals surface area (Å²) in [7, 11) is 1.45. The van der Waals surface area contributed by atoms with E-state index in [2.05, 4.69) is 0 Å². The first-order chi connectivity index (χ1) is 2.64. The van der Waals surface area contributed by atoms with Gasteiger partial charge in [-0.15, -0.1) is 0 Å². The van der Waals surface area contributed by atoms with E-state index in [9.17, 15) is 4.57 Å². The van der Waals surface area contributed by atoms with Crippen LogP contribution >= 0.6 is 18.5 Å². The van der Waals surface area contributed by atoms with Gasteiger partial charge in [0.15, 0.2) is 0 Å². The standard InChI is InChI=1S/C2H7ClNOP/c1-4(2)6(3)5/h6H,1-2H3. The lowest BCUT2D eigenvalue weighted by Gasteiger charge is -1.98. The molecule has 0 aliphatic rings. The molecule has 0 saturated heterocycles. The fraction of sp³-hybridized carbons (Fsp3) is 1.00. The highest BCUT2D eigenvalue weighted by atomic mass is 35.7. The Morgan fingerprint density at radius 3 is 1.83 bits per heavy atom. The van der Waals surface area contributed by atoms with Gasteiger partial charge in [0, 0.05) is 0 Å². The molecule has 0 fully saturated rings. The largest absolute Gasteiger partial charge is 0.292 e. The van der Waals surface area contributed by atoms with Gasteiger partial charge in [-0.2, -0.15) is 0 Å². The third kappa shape index (κ3) is 2.70. The number of halogens is 1. The van der Waals surface area contributed by atoms with Crippen LogP contribution in [-0.2, 0) is 4.57 Å². The van der Waals surface area contributed by atoms with Gasteiger partial charge in [0.1, 0.15) is 0 Å². The van der Waals surface area contributed by atoms with Crippen molar-refractivity contribution >= 4 is 18.5 Å². The second-order valence-corrected chi connectivity index (χ2v) is 3.52. The zero-order valence-corrected chi connectivity index (χ0v) is 5.49. The molecule has 38 valence electrons. The molecule has 0 amide bonds. The SMILES string of the molecule is CN(C)[PH](=O)Cl. The van der Waals surface area contributed by atoms with E-state index in [1.165, 1.54) is 4.67 Å². The maximum Gasteiger partial charge on any atom is 0.222 e. The molecule has 0 aliphatic heterocycles. The Morgan fingerprint density at radius 2 is 1.83 bits per heavy atom. The molecule has 4 heteroatoms. The third-order valence-electron chi connectivity index (χ3n) is 0.352. The van der Waals surface area contributed by atoms with E-state index >= 15 is 0 Å². The van der Waals surface area contributed by atoms with Gasteiger partial charge in [-0.25, -0.2) is 4.67 Å². The number of hydrogen-bond donors (Lipinski definition) is 0. The van der Waals surface area contributed by atoms with Crippen LogP contribution < -0.4 is 0 Å². The Kier molecular flexibility index (Phi) is 2.83. The Hall–Kier alpha value is 0.480. The molecule has 0 aromatic heterocycles. The summed E-state index contributed by atoms with van der Waals surface area (Å²) in [4.78, 5) is 0. The molecule has 0 aliphatic carbocycles. The van der Waals surface area contributed by atoms with Crippen LogP contribution in [0.3, 0.4) is 0 Å². The van der Waals surface area contributed by atoms with E-state index in [0.29, 0.717) is 0 Å². The van der Waals surface area contributed by atoms with Gasteiger partial charge < -0.3 is 0 Å². The summed E-state index contributed by atoms with van der Waals surface area (Å²) < 4.78 is 11.5. The molecular formula is C2H7ClNOP. The van der Waals surface area contributed by atoms with Crippen LogP contribution in [0.5, 0.6) is 0 Å². The van der Waals surface area contributed by atoms with Crippen molar-refractivity contribution in [2.45, 2.75) is 0 Å². The lowest BCUT2D eigenvalue weighted by Crippen LogP contribution is -1.94. The van der Waals surface area contributed by atoms with E-state index < -0.39 is 7.30 Å². The van der Waals surface area contributed by atoms with Crippen molar-refractivity contribution in [2.75, 3.05) is 14.1 Å². The van der Waals surface area contributed by atoms with Crippen molar-refractivity contribution < 1.29 is 4.57 Å². The lowest BCUT2D eigenvalue weighted by atomic mass is 11.3. The zero-order valence-electron chi connectivity index (χ0n) is 3.73. The summed E-state index contributed by atoms with van der Waals surface area (Å²) in [6, 6.07) is 0. The summed E-state index contributed by atoms with van der Waals surface area (Å²) in [6.45, 7) is 0. The molecule has 0 N–H and O–H groups in total. The second-order valence-electron chi connectivity index (χ2n) is 1.15. The lowest BCUT2D eigenvalue weighted by molar-refractivity contribution is 0.547. The summed E-state index contributed by atoms with van der Waals surface area (Å²) in [5, 5.41) is 0. The van der Waals surface area contributed by atoms with Crippen molar-refractivity contribution in [3.8, 4) is 0 Å². The Bertz CT molecular complexity index is 64.6. The van der Waals surface area contributed by atoms with Gasteiger partial charge in [-0.1, -0.05) is 0 Å². The van der Waals surface area contributed by atoms with E-state index in [1.54, 1.807) is 14.1 Å². The van der Waals surface area contributed by atoms with E-state index in [1.807, 2.05) is 0 Å². The van der Waals surface area contributed by atoms with Crippen LogP contribution in [0.1, 0.15) is 0 Å². The van der Waals surface area contributed by atoms with Gasteiger partial charge in [-0.3, -0.25) is 4.57 Å². The molecular weight excluding hydrogens is 120 g/mol. The topological polar surface area (TPSA) is 20.3 Å². The Balaban J connectivity index is 3.26. The maximum absolute atomic E-state index is 10.0. The summed E-state index contributed by atoms with van der Waals surface area (Å²) >= 11 is 5.08. The van der Waals surface area contributed by atoms with E-state index in [4.69, 9.17) is 11.2 Å². The van der Waals surface area contributed by atoms with Gasteiger partial charge in [0.2, 0.25) is 7.30 Å². The van der Waals surface area contributed by atoms with Crippen molar-refractivity contribution in [2.24, 2.45) is 0 Å². The number of nitrogens with zero attached hydrogens (tertiary/aromatic N) is 1. The normalized spacial score (nSPS) is 15.3. The van der Waals surface area contributed by atoms with Crippen LogP contribution in [0.15, 0.2) is 0 Å². The predicted octanol–water partition coefficient (Wildman–Crippen LogP) is 1.18. The minimum Gasteiger partial charge on any atom is -0.292 e. The average molecular weight is 128 g/mol. The van der Waals surface area contributed by atoms with Crippen molar-refractivity contribution in [1.82, 2.24) is 4.67 Å². The first-order valence-corrected chi connectivity index (χ1v) is 3.88. The molecule has 0 bridgehead atoms. The first-order valence-electron chi connectivity index (χ1n) is 1.51. The molecule has 0 aromatic rings. The van der Waals surface area contributed by atoms with Crippen molar-refractivity contribution in [3.05, 3.63) is 0 Å². The highest BCUT2D eigenvalue weighted by molar-refractivity contribution is 7.71. The zero-order chi connectivity index (χ0) is 5.15. The third-order valence-corrected chi connectivity index (χ3v) is 2.07. The van der Waals surface area contributed by atoms with Crippen LogP contribution in [-0.4, -0.2) is 18.8 Å².